The SMILES string of the molecule is O=NCc1cccc(CN=c2oc(=O)n(Cc3cccc(CN=O)c3)c(=O)n2Cc2cccc(CN=O)c2)c1. The van der Waals surface area contributed by atoms with E-state index < -0.39 is 11.4 Å². The fraction of sp³-hybridized carbons (Fsp3) is 0.222. The molecule has 39 heavy (non-hydrogen) atoms. The lowest BCUT2D eigenvalue weighted by Crippen LogP contribution is -2.47. The van der Waals surface area contributed by atoms with Gasteiger partial charge in [0.25, 0.3) is 0 Å². The van der Waals surface area contributed by atoms with Gasteiger partial charge in [-0.15, -0.1) is 0 Å². The second-order valence-corrected chi connectivity index (χ2v) is 8.74. The van der Waals surface area contributed by atoms with Gasteiger partial charge in [-0.3, -0.25) is 0 Å². The number of benzene rings is 3. The van der Waals surface area contributed by atoms with Crippen LogP contribution in [-0.4, -0.2) is 9.13 Å². The molecule has 0 aliphatic rings. The average molecular weight is 529 g/mol. The minimum atomic E-state index is -0.897. The molecule has 0 fully saturated rings. The molecule has 4 aromatic rings. The van der Waals surface area contributed by atoms with Crippen LogP contribution in [0.25, 0.3) is 0 Å². The molecule has 4 rings (SSSR count). The van der Waals surface area contributed by atoms with Gasteiger partial charge in [-0.25, -0.2) is 23.7 Å². The van der Waals surface area contributed by atoms with E-state index in [9.17, 15) is 24.3 Å². The maximum absolute atomic E-state index is 13.6. The van der Waals surface area contributed by atoms with Gasteiger partial charge in [0, 0.05) is 0 Å². The van der Waals surface area contributed by atoms with Crippen LogP contribution in [0.2, 0.25) is 0 Å². The second kappa shape index (κ2) is 12.9. The molecule has 0 bridgehead atoms. The molecule has 12 nitrogen and oxygen atoms in total. The Morgan fingerprint density at radius 3 is 1.46 bits per heavy atom. The molecule has 3 aromatic carbocycles. The van der Waals surface area contributed by atoms with E-state index >= 15 is 0 Å². The number of rotatable bonds is 12. The van der Waals surface area contributed by atoms with E-state index in [1.54, 1.807) is 72.8 Å². The van der Waals surface area contributed by atoms with Crippen molar-refractivity contribution in [2.45, 2.75) is 39.3 Å². The quantitative estimate of drug-likeness (QED) is 0.256. The summed E-state index contributed by atoms with van der Waals surface area (Å²) in [5.41, 5.74) is 3.20. The van der Waals surface area contributed by atoms with Gasteiger partial charge < -0.3 is 4.42 Å². The summed E-state index contributed by atoms with van der Waals surface area (Å²) in [4.78, 5) is 63.0. The average Bonchev–Trinajstić information content (AvgIpc) is 2.93. The zero-order valence-electron chi connectivity index (χ0n) is 20.8. The first-order valence-corrected chi connectivity index (χ1v) is 12.0. The van der Waals surface area contributed by atoms with Crippen molar-refractivity contribution in [3.63, 3.8) is 0 Å². The number of aromatic nitrogens is 2. The van der Waals surface area contributed by atoms with Gasteiger partial charge in [0.05, 0.1) is 19.6 Å². The molecule has 198 valence electrons. The number of hydrogen-bond donors (Lipinski definition) is 0. The van der Waals surface area contributed by atoms with Crippen molar-refractivity contribution in [3.05, 3.63) is 148 Å². The summed E-state index contributed by atoms with van der Waals surface area (Å²) in [6.45, 7) is -0.0561. The van der Waals surface area contributed by atoms with Gasteiger partial charge in [0.2, 0.25) is 0 Å². The fourth-order valence-electron chi connectivity index (χ4n) is 4.11. The van der Waals surface area contributed by atoms with Crippen molar-refractivity contribution in [1.82, 2.24) is 9.13 Å². The van der Waals surface area contributed by atoms with Crippen LogP contribution in [0.15, 0.2) is 107 Å². The predicted octanol–water partition coefficient (Wildman–Crippen LogP) is 3.60. The van der Waals surface area contributed by atoms with Gasteiger partial charge in [-0.2, -0.15) is 14.7 Å². The van der Waals surface area contributed by atoms with Crippen molar-refractivity contribution >= 4 is 0 Å². The molecular formula is C27H24N6O6. The van der Waals surface area contributed by atoms with E-state index in [4.69, 9.17) is 4.42 Å². The maximum Gasteiger partial charge on any atom is 0.426 e. The normalized spacial score (nSPS) is 11.3. The smallest absolute Gasteiger partial charge is 0.375 e. The van der Waals surface area contributed by atoms with Crippen LogP contribution in [0.1, 0.15) is 33.4 Å². The van der Waals surface area contributed by atoms with Crippen LogP contribution in [-0.2, 0) is 39.3 Å². The number of hydrogen-bond acceptors (Lipinski definition) is 10. The first kappa shape index (κ1) is 26.9. The van der Waals surface area contributed by atoms with E-state index in [-0.39, 0.29) is 45.0 Å². The van der Waals surface area contributed by atoms with E-state index in [2.05, 4.69) is 20.5 Å². The van der Waals surface area contributed by atoms with Crippen LogP contribution >= 0.6 is 0 Å². The molecule has 12 heteroatoms. The van der Waals surface area contributed by atoms with Gasteiger partial charge in [0.1, 0.15) is 19.6 Å². The van der Waals surface area contributed by atoms with Gasteiger partial charge in [-0.1, -0.05) is 88.3 Å². The van der Waals surface area contributed by atoms with Crippen molar-refractivity contribution in [2.75, 3.05) is 0 Å². The largest absolute Gasteiger partial charge is 0.426 e. The molecule has 0 saturated carbocycles. The van der Waals surface area contributed by atoms with E-state index in [1.807, 2.05) is 0 Å². The van der Waals surface area contributed by atoms with Crippen LogP contribution in [0.3, 0.4) is 0 Å². The Bertz CT molecular complexity index is 1690. The third-order valence-corrected chi connectivity index (χ3v) is 5.89. The van der Waals surface area contributed by atoms with Crippen molar-refractivity contribution < 1.29 is 4.42 Å². The Balaban J connectivity index is 1.78. The fourth-order valence-corrected chi connectivity index (χ4v) is 4.11. The molecule has 0 radical (unpaired) electrons. The molecule has 0 unspecified atom stereocenters. The third kappa shape index (κ3) is 7.01. The molecule has 0 atom stereocenters. The standard InChI is InChI=1S/C27H24N6O6/c34-26-32(17-23-8-2-6-21(11-23)15-30-37)25(28-13-19-4-1-5-20(10-19)14-29-36)39-27(35)33(26)18-24-9-3-7-22(12-24)16-31-38/h1-12H,13-18H2. The first-order valence-electron chi connectivity index (χ1n) is 12.0. The minimum Gasteiger partial charge on any atom is -0.375 e. The molecule has 0 N–H and O–H groups in total. The molecule has 0 saturated heterocycles. The summed E-state index contributed by atoms with van der Waals surface area (Å²) in [5.74, 6) is -0.897. The molecule has 0 spiro atoms. The monoisotopic (exact) mass is 528 g/mol. The highest BCUT2D eigenvalue weighted by atomic mass is 16.4. The molecular weight excluding hydrogens is 504 g/mol. The predicted molar refractivity (Wildman–Crippen MR) is 143 cm³/mol. The third-order valence-electron chi connectivity index (χ3n) is 5.89. The van der Waals surface area contributed by atoms with Gasteiger partial charge in [0.15, 0.2) is 0 Å². The Kier molecular flexibility index (Phi) is 8.91. The van der Waals surface area contributed by atoms with Crippen molar-refractivity contribution in [3.8, 4) is 0 Å². The Morgan fingerprint density at radius 2 is 0.974 bits per heavy atom. The molecule has 1 heterocycles. The summed E-state index contributed by atoms with van der Waals surface area (Å²) in [6, 6.07) is 20.9. The highest BCUT2D eigenvalue weighted by Crippen LogP contribution is 2.10. The molecule has 0 aliphatic carbocycles. The van der Waals surface area contributed by atoms with Crippen LogP contribution in [0, 0.1) is 14.7 Å². The molecule has 0 amide bonds. The lowest BCUT2D eigenvalue weighted by Gasteiger charge is -2.11. The summed E-state index contributed by atoms with van der Waals surface area (Å²) in [7, 11) is 0. The lowest BCUT2D eigenvalue weighted by atomic mass is 10.1. The van der Waals surface area contributed by atoms with E-state index in [1.165, 1.54) is 4.57 Å². The Hall–Kier alpha value is -5.13. The lowest BCUT2D eigenvalue weighted by molar-refractivity contribution is 0.320. The highest BCUT2D eigenvalue weighted by molar-refractivity contribution is 5.25. The molecule has 1 aromatic heterocycles. The summed E-state index contributed by atoms with van der Waals surface area (Å²) in [5, 5.41) is 8.69. The van der Waals surface area contributed by atoms with Crippen LogP contribution < -0.4 is 17.1 Å². The summed E-state index contributed by atoms with van der Waals surface area (Å²) < 4.78 is 7.70. The summed E-state index contributed by atoms with van der Waals surface area (Å²) in [6.07, 6.45) is 0. The zero-order chi connectivity index (χ0) is 27.6. The first-order chi connectivity index (χ1) is 19.0. The molecule has 0 aliphatic heterocycles. The minimum absolute atomic E-state index is 0.00899. The topological polar surface area (TPSA) is 158 Å². The Labute approximate surface area is 221 Å². The number of nitroso groups, excluding NO2 is 3. The van der Waals surface area contributed by atoms with Gasteiger partial charge in [-0.05, 0) is 33.4 Å². The van der Waals surface area contributed by atoms with Crippen LogP contribution in [0.5, 0.6) is 0 Å². The number of nitrogens with zero attached hydrogens (tertiary/aromatic N) is 6. The van der Waals surface area contributed by atoms with Crippen LogP contribution in [0.4, 0.5) is 0 Å². The van der Waals surface area contributed by atoms with Gasteiger partial charge >= 0.3 is 17.1 Å². The summed E-state index contributed by atoms with van der Waals surface area (Å²) >= 11 is 0. The van der Waals surface area contributed by atoms with E-state index in [0.29, 0.717) is 27.8 Å². The van der Waals surface area contributed by atoms with Crippen molar-refractivity contribution in [1.29, 1.82) is 0 Å². The van der Waals surface area contributed by atoms with E-state index in [0.717, 1.165) is 10.1 Å². The highest BCUT2D eigenvalue weighted by Gasteiger charge is 2.13. The maximum atomic E-state index is 13.6. The second-order valence-electron chi connectivity index (χ2n) is 8.74. The Morgan fingerprint density at radius 1 is 0.564 bits per heavy atom. The van der Waals surface area contributed by atoms with Crippen molar-refractivity contribution in [2.24, 2.45) is 20.5 Å². The zero-order valence-corrected chi connectivity index (χ0v) is 20.8.